The largest absolute Gasteiger partial charge is 0.507 e. The van der Waals surface area contributed by atoms with E-state index >= 15 is 0 Å². The molecule has 3 N–H and O–H groups in total. The fourth-order valence-electron chi connectivity index (χ4n) is 3.38. The van der Waals surface area contributed by atoms with Crippen molar-refractivity contribution in [2.24, 2.45) is 11.0 Å². The van der Waals surface area contributed by atoms with Crippen molar-refractivity contribution in [2.45, 2.75) is 39.0 Å². The molecule has 0 radical (unpaired) electrons. The van der Waals surface area contributed by atoms with Crippen LogP contribution in [0.3, 0.4) is 0 Å². The Balaban J connectivity index is 1.66. The first-order valence-electron chi connectivity index (χ1n) is 9.68. The monoisotopic (exact) mass is 413 g/mol. The summed E-state index contributed by atoms with van der Waals surface area (Å²) in [5, 5.41) is 17.2. The molecule has 1 aliphatic carbocycles. The molecule has 0 spiro atoms. The number of benzene rings is 2. The van der Waals surface area contributed by atoms with Crippen molar-refractivity contribution in [1.29, 1.82) is 0 Å². The Hall–Kier alpha value is -2.86. The van der Waals surface area contributed by atoms with Crippen LogP contribution in [0.1, 0.15) is 54.9 Å². The molecule has 6 nitrogen and oxygen atoms in total. The smallest absolute Gasteiger partial charge is 0.275 e. The summed E-state index contributed by atoms with van der Waals surface area (Å²) in [5.74, 6) is -0.605. The molecule has 0 saturated heterocycles. The topological polar surface area (TPSA) is 90.8 Å². The summed E-state index contributed by atoms with van der Waals surface area (Å²) in [7, 11) is 0. The maximum Gasteiger partial charge on any atom is 0.275 e. The molecule has 2 amide bonds. The van der Waals surface area contributed by atoms with E-state index in [0.29, 0.717) is 16.4 Å². The van der Waals surface area contributed by atoms with Crippen LogP contribution in [-0.4, -0.2) is 22.6 Å². The molecular weight excluding hydrogens is 390 g/mol. The normalized spacial score (nSPS) is 15.0. The van der Waals surface area contributed by atoms with E-state index in [1.807, 2.05) is 24.3 Å². The van der Waals surface area contributed by atoms with E-state index in [9.17, 15) is 14.7 Å². The van der Waals surface area contributed by atoms with E-state index in [1.165, 1.54) is 24.6 Å². The van der Waals surface area contributed by atoms with Gasteiger partial charge in [-0.1, -0.05) is 43.0 Å². The van der Waals surface area contributed by atoms with Crippen LogP contribution in [0, 0.1) is 5.92 Å². The van der Waals surface area contributed by atoms with Crippen molar-refractivity contribution in [1.82, 2.24) is 5.43 Å². The fraction of sp³-hybridized carbons (Fsp3) is 0.318. The molecule has 0 aromatic heterocycles. The quantitative estimate of drug-likeness (QED) is 0.489. The van der Waals surface area contributed by atoms with E-state index in [0.717, 1.165) is 31.2 Å². The first-order valence-corrected chi connectivity index (χ1v) is 10.1. The van der Waals surface area contributed by atoms with Crippen LogP contribution in [-0.2, 0) is 4.79 Å². The number of amides is 2. The number of hydrogen-bond acceptors (Lipinski definition) is 4. The molecule has 29 heavy (non-hydrogen) atoms. The predicted molar refractivity (Wildman–Crippen MR) is 114 cm³/mol. The average molecular weight is 414 g/mol. The van der Waals surface area contributed by atoms with Crippen LogP contribution in [0.4, 0.5) is 5.69 Å². The number of aromatic hydroxyl groups is 1. The molecule has 0 heterocycles. The summed E-state index contributed by atoms with van der Waals surface area (Å²) >= 11 is 5.87. The number of nitrogens with zero attached hydrogens (tertiary/aromatic N) is 1. The number of halogens is 1. The lowest BCUT2D eigenvalue weighted by Gasteiger charge is -2.20. The summed E-state index contributed by atoms with van der Waals surface area (Å²) < 4.78 is 0. The lowest BCUT2D eigenvalue weighted by molar-refractivity contribution is -0.120. The number of rotatable bonds is 5. The Labute approximate surface area is 175 Å². The highest BCUT2D eigenvalue weighted by Gasteiger charge is 2.21. The minimum Gasteiger partial charge on any atom is -0.507 e. The molecule has 0 atom stereocenters. The van der Waals surface area contributed by atoms with Crippen molar-refractivity contribution in [3.63, 3.8) is 0 Å². The molecule has 7 heteroatoms. The molecule has 1 aliphatic rings. The van der Waals surface area contributed by atoms with Crippen LogP contribution in [0.25, 0.3) is 0 Å². The summed E-state index contributed by atoms with van der Waals surface area (Å²) in [5.41, 5.74) is 4.49. The number of phenolic OH excluding ortho intramolecular Hbond substituents is 1. The highest BCUT2D eigenvalue weighted by molar-refractivity contribution is 6.31. The number of carbonyl (C=O) groups is 2. The van der Waals surface area contributed by atoms with Gasteiger partial charge in [0.1, 0.15) is 5.75 Å². The van der Waals surface area contributed by atoms with Gasteiger partial charge in [-0.25, -0.2) is 5.43 Å². The first-order chi connectivity index (χ1) is 13.9. The second-order valence-corrected chi connectivity index (χ2v) is 7.64. The fourth-order valence-corrected chi connectivity index (χ4v) is 3.55. The van der Waals surface area contributed by atoms with Gasteiger partial charge < -0.3 is 10.4 Å². The molecule has 2 aromatic carbocycles. The van der Waals surface area contributed by atoms with Crippen molar-refractivity contribution < 1.29 is 14.7 Å². The number of hydrazone groups is 1. The molecule has 3 rings (SSSR count). The summed E-state index contributed by atoms with van der Waals surface area (Å²) in [6, 6.07) is 11.6. The highest BCUT2D eigenvalue weighted by Crippen LogP contribution is 2.25. The standard InChI is InChI=1S/C22H24ClN3O3/c1-14(25-26-22(29)19-13-17(23)10-11-20(19)27)16-8-5-9-18(12-16)24-21(28)15-6-3-2-4-7-15/h5,8-13,15,27H,2-4,6-7H2,1H3,(H,24,28)(H,26,29)/b25-14+. The number of phenols is 1. The van der Waals surface area contributed by atoms with Gasteiger partial charge in [0.2, 0.25) is 5.91 Å². The van der Waals surface area contributed by atoms with Gasteiger partial charge in [0.25, 0.3) is 5.91 Å². The van der Waals surface area contributed by atoms with E-state index in [-0.39, 0.29) is 23.1 Å². The van der Waals surface area contributed by atoms with Gasteiger partial charge in [0, 0.05) is 16.6 Å². The molecule has 0 aliphatic heterocycles. The lowest BCUT2D eigenvalue weighted by Crippen LogP contribution is -2.24. The van der Waals surface area contributed by atoms with Crippen LogP contribution in [0.15, 0.2) is 47.6 Å². The van der Waals surface area contributed by atoms with E-state index in [2.05, 4.69) is 15.8 Å². The molecule has 2 aromatic rings. The minimum absolute atomic E-state index is 0.0440. The van der Waals surface area contributed by atoms with Crippen molar-refractivity contribution >= 4 is 34.8 Å². The number of anilines is 1. The van der Waals surface area contributed by atoms with E-state index in [4.69, 9.17) is 11.6 Å². The molecule has 152 valence electrons. The Bertz CT molecular complexity index is 937. The van der Waals surface area contributed by atoms with Crippen molar-refractivity contribution in [2.75, 3.05) is 5.32 Å². The minimum atomic E-state index is -0.564. The van der Waals surface area contributed by atoms with Gasteiger partial charge in [-0.3, -0.25) is 9.59 Å². The van der Waals surface area contributed by atoms with Gasteiger partial charge in [-0.05, 0) is 55.7 Å². The highest BCUT2D eigenvalue weighted by atomic mass is 35.5. The average Bonchev–Trinajstić information content (AvgIpc) is 2.74. The summed E-state index contributed by atoms with van der Waals surface area (Å²) in [6.45, 7) is 1.75. The van der Waals surface area contributed by atoms with Crippen molar-refractivity contribution in [3.8, 4) is 5.75 Å². The van der Waals surface area contributed by atoms with E-state index in [1.54, 1.807) is 6.92 Å². The third kappa shape index (κ3) is 5.57. The van der Waals surface area contributed by atoms with Crippen LogP contribution < -0.4 is 10.7 Å². The Morgan fingerprint density at radius 1 is 1.10 bits per heavy atom. The molecule has 1 fully saturated rings. The SMILES string of the molecule is C/C(=N\NC(=O)c1cc(Cl)ccc1O)c1cccc(NC(=O)C2CCCCC2)c1. The zero-order chi connectivity index (χ0) is 20.8. The molecule has 0 unspecified atom stereocenters. The van der Waals surface area contributed by atoms with Gasteiger partial charge in [-0.2, -0.15) is 5.10 Å². The summed E-state index contributed by atoms with van der Waals surface area (Å²) in [6.07, 6.45) is 5.29. The predicted octanol–water partition coefficient (Wildman–Crippen LogP) is 4.72. The first kappa shape index (κ1) is 20.9. The molecule has 1 saturated carbocycles. The second kappa shape index (κ2) is 9.56. The third-order valence-corrected chi connectivity index (χ3v) is 5.29. The lowest BCUT2D eigenvalue weighted by atomic mass is 9.88. The van der Waals surface area contributed by atoms with E-state index < -0.39 is 5.91 Å². The molecular formula is C22H24ClN3O3. The zero-order valence-corrected chi connectivity index (χ0v) is 17.0. The van der Waals surface area contributed by atoms with Crippen LogP contribution in [0.5, 0.6) is 5.75 Å². The van der Waals surface area contributed by atoms with Gasteiger partial charge >= 0.3 is 0 Å². The van der Waals surface area contributed by atoms with Gasteiger partial charge in [0.15, 0.2) is 0 Å². The number of hydrogen-bond donors (Lipinski definition) is 3. The van der Waals surface area contributed by atoms with Crippen LogP contribution in [0.2, 0.25) is 5.02 Å². The Morgan fingerprint density at radius 2 is 1.86 bits per heavy atom. The Morgan fingerprint density at radius 3 is 2.62 bits per heavy atom. The van der Waals surface area contributed by atoms with Gasteiger partial charge in [0.05, 0.1) is 11.3 Å². The maximum absolute atomic E-state index is 12.4. The van der Waals surface area contributed by atoms with Crippen LogP contribution >= 0.6 is 11.6 Å². The van der Waals surface area contributed by atoms with Gasteiger partial charge in [-0.15, -0.1) is 0 Å². The maximum atomic E-state index is 12.4. The third-order valence-electron chi connectivity index (χ3n) is 5.05. The molecule has 0 bridgehead atoms. The number of carbonyl (C=O) groups excluding carboxylic acids is 2. The number of nitrogens with one attached hydrogen (secondary N) is 2. The zero-order valence-electron chi connectivity index (χ0n) is 16.2. The van der Waals surface area contributed by atoms with Crippen molar-refractivity contribution in [3.05, 3.63) is 58.6 Å². The second-order valence-electron chi connectivity index (χ2n) is 7.20. The summed E-state index contributed by atoms with van der Waals surface area (Å²) in [4.78, 5) is 24.7. The Kier molecular flexibility index (Phi) is 6.88.